The van der Waals surface area contributed by atoms with E-state index in [0.717, 1.165) is 0 Å². The fraction of sp³-hybridized carbons (Fsp3) is 0.636. The molecule has 0 saturated heterocycles. The molecule has 1 atom stereocenters. The molecule has 19 heavy (non-hydrogen) atoms. The summed E-state index contributed by atoms with van der Waals surface area (Å²) in [7, 11) is 0. The number of nitrogens with one attached hydrogen (secondary N) is 1. The van der Waals surface area contributed by atoms with Crippen LogP contribution in [-0.4, -0.2) is 32.3 Å². The van der Waals surface area contributed by atoms with Crippen LogP contribution in [0.25, 0.3) is 0 Å². The normalized spacial score (nSPS) is 12.2. The van der Waals surface area contributed by atoms with E-state index in [2.05, 4.69) is 10.4 Å². The topological polar surface area (TPSA) is 110 Å². The molecular formula is C11H18N4O4. The largest absolute Gasteiger partial charge is 0.481 e. The lowest BCUT2D eigenvalue weighted by molar-refractivity contribution is -0.384. The van der Waals surface area contributed by atoms with Crippen LogP contribution >= 0.6 is 0 Å². The van der Waals surface area contributed by atoms with Crippen LogP contribution in [0.15, 0.2) is 0 Å². The van der Waals surface area contributed by atoms with Crippen molar-refractivity contribution in [1.82, 2.24) is 9.78 Å². The minimum absolute atomic E-state index is 0.0953. The Labute approximate surface area is 110 Å². The molecular weight excluding hydrogens is 252 g/mol. The molecule has 0 radical (unpaired) electrons. The maximum atomic E-state index is 11.0. The number of aromatic nitrogens is 2. The Bertz CT molecular complexity index is 483. The molecule has 0 aliphatic carbocycles. The zero-order valence-corrected chi connectivity index (χ0v) is 11.2. The van der Waals surface area contributed by atoms with E-state index in [0.29, 0.717) is 18.7 Å². The van der Waals surface area contributed by atoms with Crippen LogP contribution in [0.2, 0.25) is 0 Å². The van der Waals surface area contributed by atoms with Crippen LogP contribution < -0.4 is 5.32 Å². The second kappa shape index (κ2) is 6.17. The number of nitro groups is 1. The second-order valence-corrected chi connectivity index (χ2v) is 4.18. The Morgan fingerprint density at radius 2 is 2.21 bits per heavy atom. The van der Waals surface area contributed by atoms with Crippen molar-refractivity contribution < 1.29 is 14.8 Å². The van der Waals surface area contributed by atoms with Gasteiger partial charge in [0, 0.05) is 13.1 Å². The van der Waals surface area contributed by atoms with Gasteiger partial charge in [-0.2, -0.15) is 5.10 Å². The fourth-order valence-electron chi connectivity index (χ4n) is 1.82. The number of anilines is 1. The van der Waals surface area contributed by atoms with Gasteiger partial charge in [-0.05, 0) is 20.3 Å². The monoisotopic (exact) mass is 270 g/mol. The summed E-state index contributed by atoms with van der Waals surface area (Å²) in [6.07, 6.45) is 0.454. The van der Waals surface area contributed by atoms with Crippen molar-refractivity contribution in [2.75, 3.05) is 11.9 Å². The Morgan fingerprint density at radius 1 is 1.58 bits per heavy atom. The van der Waals surface area contributed by atoms with Gasteiger partial charge in [0.25, 0.3) is 0 Å². The standard InChI is InChI=1S/C11H18N4O4/c1-4-8(11(16)17)6-12-10-9(15(18)19)7(3)13-14(10)5-2/h8,12H,4-6H2,1-3H3,(H,16,17). The van der Waals surface area contributed by atoms with Crippen molar-refractivity contribution >= 4 is 17.5 Å². The van der Waals surface area contributed by atoms with Gasteiger partial charge in [-0.15, -0.1) is 0 Å². The lowest BCUT2D eigenvalue weighted by Crippen LogP contribution is -2.23. The molecule has 8 heteroatoms. The lowest BCUT2D eigenvalue weighted by atomic mass is 10.1. The molecule has 0 aliphatic rings. The van der Waals surface area contributed by atoms with Gasteiger partial charge in [-0.3, -0.25) is 14.9 Å². The van der Waals surface area contributed by atoms with E-state index in [4.69, 9.17) is 5.11 Å². The molecule has 1 unspecified atom stereocenters. The third-order valence-corrected chi connectivity index (χ3v) is 2.94. The summed E-state index contributed by atoms with van der Waals surface area (Å²) < 4.78 is 1.47. The van der Waals surface area contributed by atoms with E-state index in [-0.39, 0.29) is 18.1 Å². The average molecular weight is 270 g/mol. The van der Waals surface area contributed by atoms with Crippen molar-refractivity contribution in [2.24, 2.45) is 5.92 Å². The highest BCUT2D eigenvalue weighted by Gasteiger charge is 2.26. The molecule has 106 valence electrons. The average Bonchev–Trinajstić information content (AvgIpc) is 2.65. The maximum absolute atomic E-state index is 11.0. The predicted molar refractivity (Wildman–Crippen MR) is 69.2 cm³/mol. The summed E-state index contributed by atoms with van der Waals surface area (Å²) in [4.78, 5) is 21.4. The van der Waals surface area contributed by atoms with Crippen molar-refractivity contribution in [1.29, 1.82) is 0 Å². The van der Waals surface area contributed by atoms with Gasteiger partial charge in [0.1, 0.15) is 5.69 Å². The number of carboxylic acid groups (broad SMARTS) is 1. The van der Waals surface area contributed by atoms with Gasteiger partial charge in [0.2, 0.25) is 5.82 Å². The number of aryl methyl sites for hydroxylation is 2. The zero-order chi connectivity index (χ0) is 14.6. The highest BCUT2D eigenvalue weighted by atomic mass is 16.6. The molecule has 0 saturated carbocycles. The van der Waals surface area contributed by atoms with Crippen molar-refractivity contribution in [3.05, 3.63) is 15.8 Å². The van der Waals surface area contributed by atoms with E-state index in [1.807, 2.05) is 6.92 Å². The molecule has 0 spiro atoms. The number of nitrogens with zero attached hydrogens (tertiary/aromatic N) is 3. The predicted octanol–water partition coefficient (Wildman–Crippen LogP) is 1.64. The van der Waals surface area contributed by atoms with Crippen LogP contribution in [0.1, 0.15) is 26.0 Å². The molecule has 1 aromatic heterocycles. The van der Waals surface area contributed by atoms with E-state index in [1.165, 1.54) is 4.68 Å². The molecule has 0 aliphatic heterocycles. The molecule has 0 fully saturated rings. The Balaban J connectivity index is 2.99. The molecule has 8 nitrogen and oxygen atoms in total. The molecule has 0 bridgehead atoms. The minimum Gasteiger partial charge on any atom is -0.481 e. The van der Waals surface area contributed by atoms with E-state index >= 15 is 0 Å². The molecule has 1 heterocycles. The number of carboxylic acids is 1. The Morgan fingerprint density at radius 3 is 2.63 bits per heavy atom. The first-order valence-electron chi connectivity index (χ1n) is 6.10. The quantitative estimate of drug-likeness (QED) is 0.575. The summed E-state index contributed by atoms with van der Waals surface area (Å²) in [5.74, 6) is -1.23. The third kappa shape index (κ3) is 3.21. The van der Waals surface area contributed by atoms with Crippen LogP contribution in [0.3, 0.4) is 0 Å². The molecule has 1 aromatic rings. The summed E-state index contributed by atoms with van der Waals surface area (Å²) >= 11 is 0. The Hall–Kier alpha value is -2.12. The summed E-state index contributed by atoms with van der Waals surface area (Å²) in [6, 6.07) is 0. The minimum atomic E-state index is -0.920. The number of rotatable bonds is 7. The number of hydrogen-bond acceptors (Lipinski definition) is 5. The first-order valence-corrected chi connectivity index (χ1v) is 6.10. The smallest absolute Gasteiger partial charge is 0.333 e. The molecule has 1 rings (SSSR count). The van der Waals surface area contributed by atoms with Gasteiger partial charge >= 0.3 is 11.7 Å². The fourth-order valence-corrected chi connectivity index (χ4v) is 1.82. The van der Waals surface area contributed by atoms with Gasteiger partial charge in [-0.25, -0.2) is 4.68 Å². The Kier molecular flexibility index (Phi) is 4.85. The summed E-state index contributed by atoms with van der Waals surface area (Å²) in [5.41, 5.74) is 0.222. The number of hydrogen-bond donors (Lipinski definition) is 2. The molecule has 0 aromatic carbocycles. The summed E-state index contributed by atoms with van der Waals surface area (Å²) in [5, 5.41) is 26.9. The molecule has 0 amide bonds. The van der Waals surface area contributed by atoms with Crippen LogP contribution in [0.5, 0.6) is 0 Å². The van der Waals surface area contributed by atoms with Crippen LogP contribution in [-0.2, 0) is 11.3 Å². The van der Waals surface area contributed by atoms with Gasteiger partial charge in [-0.1, -0.05) is 6.92 Å². The van der Waals surface area contributed by atoms with Crippen molar-refractivity contribution in [3.63, 3.8) is 0 Å². The van der Waals surface area contributed by atoms with Crippen molar-refractivity contribution in [3.8, 4) is 0 Å². The SMILES string of the molecule is CCC(CNc1c([N+](=O)[O-])c(C)nn1CC)C(=O)O. The van der Waals surface area contributed by atoms with Gasteiger partial charge in [0.05, 0.1) is 10.8 Å². The maximum Gasteiger partial charge on any atom is 0.333 e. The van der Waals surface area contributed by atoms with E-state index < -0.39 is 16.8 Å². The zero-order valence-electron chi connectivity index (χ0n) is 11.2. The van der Waals surface area contributed by atoms with Crippen LogP contribution in [0, 0.1) is 23.0 Å². The first kappa shape index (κ1) is 14.9. The number of aliphatic carboxylic acids is 1. The third-order valence-electron chi connectivity index (χ3n) is 2.94. The first-order chi connectivity index (χ1) is 8.92. The van der Waals surface area contributed by atoms with Crippen molar-refractivity contribution in [2.45, 2.75) is 33.7 Å². The summed E-state index contributed by atoms with van der Waals surface area (Å²) in [6.45, 7) is 5.75. The highest BCUT2D eigenvalue weighted by Crippen LogP contribution is 2.28. The lowest BCUT2D eigenvalue weighted by Gasteiger charge is -2.12. The van der Waals surface area contributed by atoms with Gasteiger partial charge in [0.15, 0.2) is 0 Å². The highest BCUT2D eigenvalue weighted by molar-refractivity contribution is 5.71. The van der Waals surface area contributed by atoms with E-state index in [9.17, 15) is 14.9 Å². The number of carbonyl (C=O) groups is 1. The molecule has 2 N–H and O–H groups in total. The van der Waals surface area contributed by atoms with Gasteiger partial charge < -0.3 is 10.4 Å². The van der Waals surface area contributed by atoms with E-state index in [1.54, 1.807) is 13.8 Å². The second-order valence-electron chi connectivity index (χ2n) is 4.18. The van der Waals surface area contributed by atoms with Crippen LogP contribution in [0.4, 0.5) is 11.5 Å².